The van der Waals surface area contributed by atoms with Gasteiger partial charge in [0, 0.05) is 19.2 Å². The standard InChI is InChI=1S/C14H16FIN2O/c1-10(11-3-5-13(15)6-4-11)18-14(19)12(9-16)7-8-17(18)2/h3-6,9-10H,7-8H2,1-2H3/b12-9+. The minimum atomic E-state index is -0.262. The molecule has 1 aliphatic rings. The van der Waals surface area contributed by atoms with Crippen LogP contribution in [0, 0.1) is 5.82 Å². The molecule has 1 aromatic carbocycles. The summed E-state index contributed by atoms with van der Waals surface area (Å²) >= 11 is 2.10. The molecule has 1 heterocycles. The first-order valence-corrected chi connectivity index (χ1v) is 7.38. The van der Waals surface area contributed by atoms with E-state index in [0.29, 0.717) is 0 Å². The number of carbonyl (C=O) groups is 1. The average molecular weight is 374 g/mol. The molecule has 0 bridgehead atoms. The molecule has 1 unspecified atom stereocenters. The summed E-state index contributed by atoms with van der Waals surface area (Å²) in [4.78, 5) is 12.4. The van der Waals surface area contributed by atoms with E-state index >= 15 is 0 Å². The number of nitrogens with zero attached hydrogens (tertiary/aromatic N) is 2. The quantitative estimate of drug-likeness (QED) is 0.586. The summed E-state index contributed by atoms with van der Waals surface area (Å²) in [6, 6.07) is 6.20. The van der Waals surface area contributed by atoms with Crippen LogP contribution < -0.4 is 0 Å². The van der Waals surface area contributed by atoms with Crippen LogP contribution >= 0.6 is 22.6 Å². The largest absolute Gasteiger partial charge is 0.268 e. The number of rotatable bonds is 2. The lowest BCUT2D eigenvalue weighted by Gasteiger charge is -2.41. The van der Waals surface area contributed by atoms with Crippen molar-refractivity contribution >= 4 is 28.5 Å². The van der Waals surface area contributed by atoms with Crippen molar-refractivity contribution in [2.45, 2.75) is 19.4 Å². The Morgan fingerprint density at radius 3 is 2.58 bits per heavy atom. The Bertz CT molecular complexity index is 501. The van der Waals surface area contributed by atoms with Crippen molar-refractivity contribution in [1.29, 1.82) is 0 Å². The van der Waals surface area contributed by atoms with E-state index < -0.39 is 0 Å². The van der Waals surface area contributed by atoms with Gasteiger partial charge in [0.15, 0.2) is 0 Å². The Kier molecular flexibility index (Phi) is 4.57. The van der Waals surface area contributed by atoms with Gasteiger partial charge in [-0.1, -0.05) is 34.7 Å². The SMILES string of the molecule is CC(c1ccc(F)cc1)N1C(=O)/C(=C/I)CCN1C. The smallest absolute Gasteiger partial charge is 0.265 e. The average Bonchev–Trinajstić information content (AvgIpc) is 2.39. The van der Waals surface area contributed by atoms with Gasteiger partial charge in [-0.25, -0.2) is 9.40 Å². The molecule has 0 aromatic heterocycles. The van der Waals surface area contributed by atoms with E-state index in [1.54, 1.807) is 17.1 Å². The summed E-state index contributed by atoms with van der Waals surface area (Å²) in [5.74, 6) is -0.234. The molecule has 1 atom stereocenters. The first-order valence-electron chi connectivity index (χ1n) is 6.14. The zero-order valence-electron chi connectivity index (χ0n) is 10.9. The van der Waals surface area contributed by atoms with Gasteiger partial charge in [0.1, 0.15) is 5.82 Å². The topological polar surface area (TPSA) is 23.6 Å². The maximum absolute atomic E-state index is 13.0. The van der Waals surface area contributed by atoms with E-state index in [-0.39, 0.29) is 17.8 Å². The molecule has 1 aromatic rings. The molecular formula is C14H16FIN2O. The van der Waals surface area contributed by atoms with Crippen LogP contribution in [-0.2, 0) is 4.79 Å². The van der Waals surface area contributed by atoms with E-state index in [4.69, 9.17) is 0 Å². The van der Waals surface area contributed by atoms with Crippen LogP contribution in [0.1, 0.15) is 24.9 Å². The Labute approximate surface area is 126 Å². The summed E-state index contributed by atoms with van der Waals surface area (Å²) < 4.78 is 14.8. The van der Waals surface area contributed by atoms with Crippen molar-refractivity contribution in [2.75, 3.05) is 13.6 Å². The summed E-state index contributed by atoms with van der Waals surface area (Å²) in [7, 11) is 1.90. The Morgan fingerprint density at radius 2 is 2.00 bits per heavy atom. The van der Waals surface area contributed by atoms with Crippen LogP contribution in [0.5, 0.6) is 0 Å². The third kappa shape index (κ3) is 2.97. The predicted octanol–water partition coefficient (Wildman–Crippen LogP) is 3.28. The second kappa shape index (κ2) is 6.00. The van der Waals surface area contributed by atoms with Gasteiger partial charge < -0.3 is 0 Å². The van der Waals surface area contributed by atoms with Gasteiger partial charge in [-0.05, 0) is 35.1 Å². The number of hydrogen-bond acceptors (Lipinski definition) is 2. The molecule has 0 radical (unpaired) electrons. The monoisotopic (exact) mass is 374 g/mol. The second-order valence-electron chi connectivity index (χ2n) is 4.64. The highest BCUT2D eigenvalue weighted by Crippen LogP contribution is 2.28. The highest BCUT2D eigenvalue weighted by molar-refractivity contribution is 14.1. The van der Waals surface area contributed by atoms with E-state index in [1.165, 1.54) is 12.1 Å². The lowest BCUT2D eigenvalue weighted by Crippen LogP contribution is -2.50. The summed E-state index contributed by atoms with van der Waals surface area (Å²) in [6.07, 6.45) is 0.769. The van der Waals surface area contributed by atoms with Gasteiger partial charge in [-0.2, -0.15) is 0 Å². The molecule has 102 valence electrons. The van der Waals surface area contributed by atoms with Crippen molar-refractivity contribution < 1.29 is 9.18 Å². The number of amides is 1. The number of hydrazine groups is 1. The number of benzene rings is 1. The molecule has 5 heteroatoms. The second-order valence-corrected chi connectivity index (χ2v) is 5.27. The number of halogens is 2. The predicted molar refractivity (Wildman–Crippen MR) is 81.0 cm³/mol. The molecule has 1 aliphatic heterocycles. The normalized spacial score (nSPS) is 20.9. The maximum Gasteiger partial charge on any atom is 0.265 e. The van der Waals surface area contributed by atoms with Crippen molar-refractivity contribution in [3.63, 3.8) is 0 Å². The van der Waals surface area contributed by atoms with Gasteiger partial charge in [0.2, 0.25) is 0 Å². The van der Waals surface area contributed by atoms with Crippen LogP contribution in [0.3, 0.4) is 0 Å². The van der Waals surface area contributed by atoms with E-state index in [1.807, 2.05) is 23.1 Å². The highest BCUT2D eigenvalue weighted by atomic mass is 127. The van der Waals surface area contributed by atoms with Crippen molar-refractivity contribution in [1.82, 2.24) is 10.0 Å². The fourth-order valence-electron chi connectivity index (χ4n) is 2.25. The minimum absolute atomic E-state index is 0.0278. The zero-order chi connectivity index (χ0) is 14.0. The summed E-state index contributed by atoms with van der Waals surface area (Å²) in [6.45, 7) is 2.77. The lowest BCUT2D eigenvalue weighted by atomic mass is 10.0. The molecule has 0 saturated carbocycles. The first-order chi connectivity index (χ1) is 9.04. The van der Waals surface area contributed by atoms with E-state index in [9.17, 15) is 9.18 Å². The van der Waals surface area contributed by atoms with Crippen molar-refractivity contribution in [3.8, 4) is 0 Å². The van der Waals surface area contributed by atoms with Gasteiger partial charge in [-0.3, -0.25) is 9.80 Å². The third-order valence-corrected chi connectivity index (χ3v) is 4.16. The van der Waals surface area contributed by atoms with Crippen LogP contribution in [0.4, 0.5) is 4.39 Å². The van der Waals surface area contributed by atoms with Gasteiger partial charge >= 0.3 is 0 Å². The molecule has 1 amide bonds. The van der Waals surface area contributed by atoms with Crippen LogP contribution in [0.15, 0.2) is 33.9 Å². The van der Waals surface area contributed by atoms with Crippen LogP contribution in [0.25, 0.3) is 0 Å². The van der Waals surface area contributed by atoms with E-state index in [0.717, 1.165) is 24.1 Å². The van der Waals surface area contributed by atoms with Crippen LogP contribution in [0.2, 0.25) is 0 Å². The maximum atomic E-state index is 13.0. The molecule has 0 N–H and O–H groups in total. The van der Waals surface area contributed by atoms with Crippen LogP contribution in [-0.4, -0.2) is 29.5 Å². The molecule has 2 rings (SSSR count). The number of carbonyl (C=O) groups excluding carboxylic acids is 1. The fourth-order valence-corrected chi connectivity index (χ4v) is 2.83. The Hall–Kier alpha value is -0.950. The molecular weight excluding hydrogens is 358 g/mol. The summed E-state index contributed by atoms with van der Waals surface area (Å²) in [5.41, 5.74) is 1.75. The Morgan fingerprint density at radius 1 is 1.37 bits per heavy atom. The fraction of sp³-hybridized carbons (Fsp3) is 0.357. The third-order valence-electron chi connectivity index (χ3n) is 3.41. The zero-order valence-corrected chi connectivity index (χ0v) is 13.1. The molecule has 19 heavy (non-hydrogen) atoms. The van der Waals surface area contributed by atoms with Gasteiger partial charge in [0.05, 0.1) is 6.04 Å². The first kappa shape index (κ1) is 14.5. The molecule has 1 saturated heterocycles. The van der Waals surface area contributed by atoms with Gasteiger partial charge in [0.25, 0.3) is 5.91 Å². The highest BCUT2D eigenvalue weighted by Gasteiger charge is 2.31. The van der Waals surface area contributed by atoms with Crippen molar-refractivity contribution in [3.05, 3.63) is 45.3 Å². The van der Waals surface area contributed by atoms with Gasteiger partial charge in [-0.15, -0.1) is 0 Å². The Balaban J connectivity index is 2.27. The lowest BCUT2D eigenvalue weighted by molar-refractivity contribution is -0.151. The summed E-state index contributed by atoms with van der Waals surface area (Å²) in [5, 5.41) is 3.67. The van der Waals surface area contributed by atoms with Crippen molar-refractivity contribution in [2.24, 2.45) is 0 Å². The molecule has 0 aliphatic carbocycles. The molecule has 3 nitrogen and oxygen atoms in total. The molecule has 1 fully saturated rings. The minimum Gasteiger partial charge on any atom is -0.268 e. The number of hydrogen-bond donors (Lipinski definition) is 0. The van der Waals surface area contributed by atoms with E-state index in [2.05, 4.69) is 22.6 Å². The molecule has 0 spiro atoms.